The van der Waals surface area contributed by atoms with Crippen LogP contribution >= 0.6 is 23.2 Å². The fourth-order valence-corrected chi connectivity index (χ4v) is 10.6. The van der Waals surface area contributed by atoms with Gasteiger partial charge in [0.25, 0.3) is 0 Å². The molecular weight excluding hydrogens is 1070 g/mol. The van der Waals surface area contributed by atoms with Crippen LogP contribution in [0.4, 0.5) is 32.9 Å². The molecule has 2 saturated carbocycles. The summed E-state index contributed by atoms with van der Waals surface area (Å²) in [6.45, 7) is 12.0. The van der Waals surface area contributed by atoms with Gasteiger partial charge >= 0.3 is 12.2 Å². The number of ether oxygens (including phenoxy) is 2. The second-order valence-electron chi connectivity index (χ2n) is 22.2. The van der Waals surface area contributed by atoms with E-state index >= 15 is 0 Å². The Morgan fingerprint density at radius 1 is 0.630 bits per heavy atom. The van der Waals surface area contributed by atoms with Crippen LogP contribution in [0.1, 0.15) is 104 Å². The van der Waals surface area contributed by atoms with Crippen LogP contribution in [-0.4, -0.2) is 116 Å². The number of nitrogens with one attached hydrogen (secondary N) is 5. The molecule has 0 spiro atoms. The molecule has 8 N–H and O–H groups in total. The van der Waals surface area contributed by atoms with E-state index in [1.807, 2.05) is 133 Å². The molecular formula is C60H74Cl2N14O5. The van der Waals surface area contributed by atoms with Gasteiger partial charge in [0.2, 0.25) is 11.9 Å². The monoisotopic (exact) mass is 1140 g/mol. The highest BCUT2D eigenvalue weighted by atomic mass is 35.5. The zero-order chi connectivity index (χ0) is 57.8. The van der Waals surface area contributed by atoms with E-state index in [9.17, 15) is 9.59 Å². The topological polar surface area (TPSA) is 250 Å². The van der Waals surface area contributed by atoms with Gasteiger partial charge in [-0.05, 0) is 129 Å². The third-order valence-electron chi connectivity index (χ3n) is 13.9. The van der Waals surface area contributed by atoms with Crippen molar-refractivity contribution in [3.63, 3.8) is 0 Å². The Morgan fingerprint density at radius 3 is 1.48 bits per heavy atom. The molecule has 21 heteroatoms. The highest BCUT2D eigenvalue weighted by Gasteiger charge is 2.35. The molecule has 19 nitrogen and oxygen atoms in total. The molecule has 2 amide bonds. The molecule has 428 valence electrons. The largest absolute Gasteiger partial charge is 0.444 e. The number of aromatic nitrogens is 8. The zero-order valence-electron chi connectivity index (χ0n) is 47.3. The number of carbonyl (C=O) groups excluding carboxylic acids is 2. The number of hydrogen-bond donors (Lipinski definition) is 7. The van der Waals surface area contributed by atoms with Crippen LogP contribution in [0.25, 0.3) is 44.3 Å². The number of rotatable bonds is 13. The number of aliphatic hydroxyl groups is 1. The number of nitrogens with zero attached hydrogens (tertiary/aromatic N) is 8. The first-order chi connectivity index (χ1) is 38.9. The third kappa shape index (κ3) is 15.8. The number of aliphatic hydroxyl groups excluding tert-OH is 1. The first kappa shape index (κ1) is 59.4. The lowest BCUT2D eigenvalue weighted by atomic mass is 9.90. The van der Waals surface area contributed by atoms with Crippen molar-refractivity contribution in [2.75, 3.05) is 35.8 Å². The second-order valence-corrected chi connectivity index (χ2v) is 23.0. The Morgan fingerprint density at radius 2 is 1.07 bits per heavy atom. The third-order valence-corrected chi connectivity index (χ3v) is 14.5. The number of nitrogens with two attached hydrogens (primary N) is 1. The predicted octanol–water partition coefficient (Wildman–Crippen LogP) is 12.9. The number of anilines is 4. The second kappa shape index (κ2) is 26.7. The van der Waals surface area contributed by atoms with Crippen molar-refractivity contribution >= 4 is 80.5 Å². The standard InChI is InChI=1S/C30H36ClN7O2.C29H34ClN7O2.CH4O/c1-30(2,3)40-29(39)38(18-21-13-12-20(32-4)15-33-21)22-9-7-8-19(14-22)36-28-35-17-25(31)27(37-28)24-16-34-26-11-6-5-10-23(24)26;1-29(2,3)39-28(38)37(17-20-12-11-18(31)14-32-20)21-8-6-7-19(13-21)35-27-34-16-24(30)26(36-27)23-15-33-25-10-5-4-9-22(23)25;1-2/h5-6,10-13,15-17,19,22,32,34H,7-9,14,18H2,1-4H3,(H,35,36,37);4-5,9-12,14-16,19,21,33H,6-8,13,17,31H2,1-3H3,(H,34,35,36);2H,1H3/t19-,22+;19-,21+;/m11./s1. The van der Waals surface area contributed by atoms with Gasteiger partial charge in [-0.1, -0.05) is 59.6 Å². The molecule has 2 aliphatic carbocycles. The van der Waals surface area contributed by atoms with E-state index < -0.39 is 11.2 Å². The Labute approximate surface area is 483 Å². The Hall–Kier alpha value is -7.74. The Kier molecular flexibility index (Phi) is 19.6. The fourth-order valence-electron chi connectivity index (χ4n) is 10.2. The number of para-hydroxylation sites is 2. The number of benzene rings is 2. The first-order valence-corrected chi connectivity index (χ1v) is 28.1. The van der Waals surface area contributed by atoms with Gasteiger partial charge in [-0.2, -0.15) is 0 Å². The summed E-state index contributed by atoms with van der Waals surface area (Å²) in [5.41, 5.74) is 12.9. The van der Waals surface area contributed by atoms with Crippen molar-refractivity contribution in [1.82, 2.24) is 49.7 Å². The molecule has 0 aliphatic heterocycles. The molecule has 8 aromatic rings. The highest BCUT2D eigenvalue weighted by Crippen LogP contribution is 2.36. The molecule has 2 aliphatic rings. The van der Waals surface area contributed by atoms with Gasteiger partial charge in [0.05, 0.1) is 82.1 Å². The van der Waals surface area contributed by atoms with Crippen molar-refractivity contribution in [1.29, 1.82) is 0 Å². The van der Waals surface area contributed by atoms with Gasteiger partial charge in [-0.25, -0.2) is 29.5 Å². The maximum Gasteiger partial charge on any atom is 0.410 e. The lowest BCUT2D eigenvalue weighted by Gasteiger charge is -2.38. The average molecular weight is 1140 g/mol. The maximum absolute atomic E-state index is 13.4. The summed E-state index contributed by atoms with van der Waals surface area (Å²) < 4.78 is 11.6. The number of hydrogen-bond acceptors (Lipinski definition) is 15. The summed E-state index contributed by atoms with van der Waals surface area (Å²) in [5.74, 6) is 1.03. The molecule has 2 aromatic carbocycles. The maximum atomic E-state index is 13.4. The molecule has 2 fully saturated rings. The lowest BCUT2D eigenvalue weighted by Crippen LogP contribution is -2.47. The van der Waals surface area contributed by atoms with Crippen LogP contribution in [0, 0.1) is 0 Å². The quantitative estimate of drug-likeness (QED) is 0.0567. The number of pyridine rings is 2. The zero-order valence-corrected chi connectivity index (χ0v) is 48.8. The van der Waals surface area contributed by atoms with Crippen molar-refractivity contribution in [3.8, 4) is 22.5 Å². The van der Waals surface area contributed by atoms with Crippen LogP contribution in [-0.2, 0) is 22.6 Å². The van der Waals surface area contributed by atoms with E-state index in [-0.39, 0.29) is 36.4 Å². The van der Waals surface area contributed by atoms with Crippen LogP contribution in [0.5, 0.6) is 0 Å². The normalized spacial score (nSPS) is 17.2. The van der Waals surface area contributed by atoms with Gasteiger partial charge in [-0.15, -0.1) is 0 Å². The first-order valence-electron chi connectivity index (χ1n) is 27.3. The summed E-state index contributed by atoms with van der Waals surface area (Å²) in [7, 11) is 2.85. The molecule has 0 unspecified atom stereocenters. The summed E-state index contributed by atoms with van der Waals surface area (Å²) >= 11 is 13.1. The van der Waals surface area contributed by atoms with Gasteiger partial charge in [0, 0.05) is 83.7 Å². The SMILES string of the molecule is CC(C)(C)OC(=O)N(Cc1ccc(N)cn1)[C@H]1CCC[C@@H](Nc2ncc(Cl)c(-c3c[nH]c4ccccc34)n2)C1.CNc1ccc(CN(C(=O)OC(C)(C)C)[C@H]2CCC[C@@H](Nc3ncc(Cl)c(-c4c[nH]c5ccccc45)n3)C2)nc1.CO. The predicted molar refractivity (Wildman–Crippen MR) is 322 cm³/mol. The van der Waals surface area contributed by atoms with E-state index in [4.69, 9.17) is 53.5 Å². The Bertz CT molecular complexity index is 3360. The van der Waals surface area contributed by atoms with Gasteiger partial charge in [0.15, 0.2) is 0 Å². The molecule has 6 heterocycles. The van der Waals surface area contributed by atoms with Crippen LogP contribution in [0.3, 0.4) is 0 Å². The van der Waals surface area contributed by atoms with E-state index in [0.717, 1.165) is 108 Å². The van der Waals surface area contributed by atoms with Crippen LogP contribution in [0.15, 0.2) is 110 Å². The summed E-state index contributed by atoms with van der Waals surface area (Å²) in [4.78, 5) is 64.3. The summed E-state index contributed by atoms with van der Waals surface area (Å²) in [6.07, 6.45) is 16.8. The molecule has 6 aromatic heterocycles. The lowest BCUT2D eigenvalue weighted by molar-refractivity contribution is 0.00805. The summed E-state index contributed by atoms with van der Waals surface area (Å²) in [5, 5.41) is 20.2. The van der Waals surface area contributed by atoms with Crippen molar-refractivity contribution in [2.45, 2.75) is 141 Å². The van der Waals surface area contributed by atoms with Gasteiger partial charge in [0.1, 0.15) is 11.2 Å². The minimum Gasteiger partial charge on any atom is -0.444 e. The van der Waals surface area contributed by atoms with Crippen LogP contribution in [0.2, 0.25) is 10.0 Å². The number of halogens is 2. The molecule has 0 bridgehead atoms. The van der Waals surface area contributed by atoms with Gasteiger partial charge < -0.3 is 46.2 Å². The minimum absolute atomic E-state index is 0.0211. The number of fused-ring (bicyclic) bond motifs is 2. The highest BCUT2D eigenvalue weighted by molar-refractivity contribution is 6.33. The average Bonchev–Trinajstić information content (AvgIpc) is 4.11. The Balaban J connectivity index is 0.000000206. The number of carbonyl (C=O) groups is 2. The minimum atomic E-state index is -0.605. The smallest absolute Gasteiger partial charge is 0.410 e. The summed E-state index contributed by atoms with van der Waals surface area (Å²) in [6, 6.07) is 23.7. The van der Waals surface area contributed by atoms with E-state index in [1.165, 1.54) is 0 Å². The number of amides is 2. The number of nitrogen functional groups attached to an aromatic ring is 1. The molecule has 4 atom stereocenters. The van der Waals surface area contributed by atoms with E-state index in [0.29, 0.717) is 52.1 Å². The molecule has 0 radical (unpaired) electrons. The molecule has 10 rings (SSSR count). The molecule has 81 heavy (non-hydrogen) atoms. The van der Waals surface area contributed by atoms with E-state index in [2.05, 4.69) is 45.9 Å². The number of aromatic amines is 2. The molecule has 0 saturated heterocycles. The number of H-pyrrole nitrogens is 2. The van der Waals surface area contributed by atoms with E-state index in [1.54, 1.807) is 35.8 Å². The van der Waals surface area contributed by atoms with Crippen LogP contribution < -0.4 is 21.7 Å². The van der Waals surface area contributed by atoms with Crippen molar-refractivity contribution in [3.05, 3.63) is 131 Å². The fraction of sp³-hybridized carbons (Fsp3) is 0.400. The van der Waals surface area contributed by atoms with Gasteiger partial charge in [-0.3, -0.25) is 19.8 Å². The van der Waals surface area contributed by atoms with Crippen molar-refractivity contribution < 1.29 is 24.2 Å². The van der Waals surface area contributed by atoms with Crippen molar-refractivity contribution in [2.24, 2.45) is 0 Å².